The normalized spacial score (nSPS) is 16.9. The molecular formula is C20H32N2O. The SMILES string of the molecule is C#CCCC(CC)(Cn1oc(/C=C\C=C)c1C)[C@H](CC)C(C)N. The van der Waals surface area contributed by atoms with E-state index in [0.29, 0.717) is 5.92 Å². The van der Waals surface area contributed by atoms with Gasteiger partial charge in [0.1, 0.15) is 0 Å². The first-order valence-corrected chi connectivity index (χ1v) is 8.60. The summed E-state index contributed by atoms with van der Waals surface area (Å²) in [5, 5.41) is 0. The molecule has 0 aliphatic heterocycles. The summed E-state index contributed by atoms with van der Waals surface area (Å²) in [6.45, 7) is 13.2. The van der Waals surface area contributed by atoms with Crippen molar-refractivity contribution in [3.63, 3.8) is 0 Å². The smallest absolute Gasteiger partial charge is 0.177 e. The Kier molecular flexibility index (Phi) is 7.45. The Morgan fingerprint density at radius 3 is 2.61 bits per heavy atom. The van der Waals surface area contributed by atoms with Crippen molar-refractivity contribution in [1.82, 2.24) is 4.74 Å². The second-order valence-corrected chi connectivity index (χ2v) is 6.47. The van der Waals surface area contributed by atoms with Crippen LogP contribution in [0.1, 0.15) is 57.9 Å². The van der Waals surface area contributed by atoms with Gasteiger partial charge in [-0.1, -0.05) is 39.0 Å². The second-order valence-electron chi connectivity index (χ2n) is 6.47. The van der Waals surface area contributed by atoms with Crippen LogP contribution in [-0.2, 0) is 6.54 Å². The molecule has 0 aliphatic carbocycles. The molecule has 0 aromatic carbocycles. The van der Waals surface area contributed by atoms with Crippen LogP contribution in [0.5, 0.6) is 0 Å². The van der Waals surface area contributed by atoms with Gasteiger partial charge in [-0.25, -0.2) is 4.74 Å². The van der Waals surface area contributed by atoms with E-state index in [2.05, 4.69) is 40.2 Å². The van der Waals surface area contributed by atoms with Gasteiger partial charge in [0.05, 0.1) is 12.2 Å². The Hall–Kier alpha value is -1.66. The van der Waals surface area contributed by atoms with Crippen LogP contribution in [0, 0.1) is 30.6 Å². The Bertz CT molecular complexity index is 556. The first-order valence-electron chi connectivity index (χ1n) is 8.60. The van der Waals surface area contributed by atoms with E-state index in [1.54, 1.807) is 6.08 Å². The summed E-state index contributed by atoms with van der Waals surface area (Å²) in [6, 6.07) is 0.142. The van der Waals surface area contributed by atoms with Crippen molar-refractivity contribution in [3.8, 4) is 12.3 Å². The van der Waals surface area contributed by atoms with Crippen LogP contribution in [-0.4, -0.2) is 10.8 Å². The van der Waals surface area contributed by atoms with Crippen LogP contribution >= 0.6 is 0 Å². The Balaban J connectivity index is 3.07. The van der Waals surface area contributed by atoms with E-state index >= 15 is 0 Å². The monoisotopic (exact) mass is 316 g/mol. The van der Waals surface area contributed by atoms with Crippen LogP contribution in [0.15, 0.2) is 23.3 Å². The Labute approximate surface area is 141 Å². The molecule has 1 aromatic heterocycles. The van der Waals surface area contributed by atoms with Crippen LogP contribution in [0.25, 0.3) is 6.08 Å². The molecule has 1 heterocycles. The largest absolute Gasteiger partial charge is 0.378 e. The lowest BCUT2D eigenvalue weighted by Gasteiger charge is -2.43. The highest BCUT2D eigenvalue weighted by Crippen LogP contribution is 2.42. The number of nitrogens with two attached hydrogens (primary N) is 1. The topological polar surface area (TPSA) is 44.1 Å². The summed E-state index contributed by atoms with van der Waals surface area (Å²) in [6.07, 6.45) is 15.0. The van der Waals surface area contributed by atoms with E-state index < -0.39 is 0 Å². The van der Waals surface area contributed by atoms with E-state index in [1.165, 1.54) is 0 Å². The van der Waals surface area contributed by atoms with E-state index in [-0.39, 0.29) is 11.5 Å². The zero-order valence-corrected chi connectivity index (χ0v) is 15.1. The van der Waals surface area contributed by atoms with Crippen molar-refractivity contribution in [1.29, 1.82) is 0 Å². The molecule has 0 spiro atoms. The third kappa shape index (κ3) is 4.42. The summed E-state index contributed by atoms with van der Waals surface area (Å²) in [7, 11) is 0. The van der Waals surface area contributed by atoms with E-state index in [9.17, 15) is 0 Å². The van der Waals surface area contributed by atoms with Gasteiger partial charge in [-0.3, -0.25) is 0 Å². The van der Waals surface area contributed by atoms with Gasteiger partial charge in [0.25, 0.3) is 0 Å². The molecule has 0 amide bonds. The van der Waals surface area contributed by atoms with Gasteiger partial charge in [-0.15, -0.1) is 12.3 Å². The maximum atomic E-state index is 6.30. The molecule has 2 N–H and O–H groups in total. The highest BCUT2D eigenvalue weighted by molar-refractivity contribution is 5.47. The van der Waals surface area contributed by atoms with E-state index in [4.69, 9.17) is 16.7 Å². The molecule has 0 saturated carbocycles. The first-order chi connectivity index (χ1) is 11.0. The number of allylic oxidation sites excluding steroid dienone is 2. The molecule has 3 nitrogen and oxygen atoms in total. The standard InChI is InChI=1S/C20H32N2O/c1-7-11-13-19-17(6)22(23-19)15-20(10-4,14-12-8-2)18(9-3)16(5)21/h2,7,11,13,16,18H,1,9-10,12,14-15,21H2,3-6H3/b13-11-/t16?,18-,20?/m1/s1. The molecule has 0 aliphatic rings. The van der Waals surface area contributed by atoms with Crippen LogP contribution in [0.3, 0.4) is 0 Å². The molecule has 0 fully saturated rings. The molecule has 0 bridgehead atoms. The summed E-state index contributed by atoms with van der Waals surface area (Å²) >= 11 is 0. The molecule has 1 aromatic rings. The number of terminal acetylenes is 1. The molecule has 0 radical (unpaired) electrons. The Morgan fingerprint density at radius 1 is 1.48 bits per heavy atom. The summed E-state index contributed by atoms with van der Waals surface area (Å²) < 4.78 is 7.85. The van der Waals surface area contributed by atoms with Crippen molar-refractivity contribution in [3.05, 3.63) is 30.2 Å². The lowest BCUT2D eigenvalue weighted by atomic mass is 9.66. The zero-order valence-electron chi connectivity index (χ0n) is 15.1. The molecule has 0 saturated heterocycles. The maximum absolute atomic E-state index is 6.30. The number of rotatable bonds is 10. The lowest BCUT2D eigenvalue weighted by molar-refractivity contribution is 0.0365. The van der Waals surface area contributed by atoms with Gasteiger partial charge in [0, 0.05) is 12.5 Å². The zero-order chi connectivity index (χ0) is 17.5. The first kappa shape index (κ1) is 19.4. The number of hydrogen-bond acceptors (Lipinski definition) is 2. The Morgan fingerprint density at radius 2 is 2.17 bits per heavy atom. The van der Waals surface area contributed by atoms with Crippen molar-refractivity contribution >= 4 is 6.08 Å². The molecule has 23 heavy (non-hydrogen) atoms. The van der Waals surface area contributed by atoms with Gasteiger partial charge in [-0.2, -0.15) is 0 Å². The number of nitrogens with zero attached hydrogens (tertiary/aromatic N) is 1. The average molecular weight is 316 g/mol. The summed E-state index contributed by atoms with van der Waals surface area (Å²) in [4.78, 5) is 0. The van der Waals surface area contributed by atoms with Gasteiger partial charge in [0.15, 0.2) is 5.76 Å². The molecule has 3 heteroatoms. The molecule has 2 unspecified atom stereocenters. The van der Waals surface area contributed by atoms with Crippen LogP contribution in [0.2, 0.25) is 0 Å². The number of aromatic nitrogens is 1. The second kappa shape index (κ2) is 8.84. The fourth-order valence-electron chi connectivity index (χ4n) is 3.70. The van der Waals surface area contributed by atoms with E-state index in [0.717, 1.165) is 43.7 Å². The minimum absolute atomic E-state index is 0.0736. The molecule has 128 valence electrons. The van der Waals surface area contributed by atoms with Gasteiger partial charge < -0.3 is 10.3 Å². The van der Waals surface area contributed by atoms with Crippen molar-refractivity contribution in [2.45, 2.75) is 66.0 Å². The van der Waals surface area contributed by atoms with Gasteiger partial charge >= 0.3 is 0 Å². The predicted molar refractivity (Wildman–Crippen MR) is 98.9 cm³/mol. The summed E-state index contributed by atoms with van der Waals surface area (Å²) in [5.41, 5.74) is 7.53. The third-order valence-electron chi connectivity index (χ3n) is 5.11. The van der Waals surface area contributed by atoms with Crippen LogP contribution in [0.4, 0.5) is 0 Å². The molecule has 1 rings (SSSR count). The fourth-order valence-corrected chi connectivity index (χ4v) is 3.70. The van der Waals surface area contributed by atoms with E-state index in [1.807, 2.05) is 16.9 Å². The van der Waals surface area contributed by atoms with Crippen molar-refractivity contribution in [2.75, 3.05) is 0 Å². The summed E-state index contributed by atoms with van der Waals surface area (Å²) in [5.74, 6) is 4.12. The average Bonchev–Trinajstić information content (AvgIpc) is 2.54. The predicted octanol–water partition coefficient (Wildman–Crippen LogP) is 4.77. The fraction of sp³-hybridized carbons (Fsp3) is 0.600. The molecular weight excluding hydrogens is 284 g/mol. The third-order valence-corrected chi connectivity index (χ3v) is 5.11. The highest BCUT2D eigenvalue weighted by atomic mass is 16.5. The molecule has 3 atom stereocenters. The highest BCUT2D eigenvalue weighted by Gasteiger charge is 2.39. The number of hydrogen-bond donors (Lipinski definition) is 1. The quantitative estimate of drug-likeness (QED) is 0.499. The maximum Gasteiger partial charge on any atom is 0.177 e. The van der Waals surface area contributed by atoms with Gasteiger partial charge in [0.2, 0.25) is 0 Å². The van der Waals surface area contributed by atoms with Crippen molar-refractivity contribution in [2.24, 2.45) is 17.1 Å². The minimum Gasteiger partial charge on any atom is -0.378 e. The lowest BCUT2D eigenvalue weighted by Crippen LogP contribution is -2.44. The minimum atomic E-state index is 0.0736. The van der Waals surface area contributed by atoms with Crippen LogP contribution < -0.4 is 5.73 Å². The van der Waals surface area contributed by atoms with Gasteiger partial charge in [-0.05, 0) is 44.1 Å². The van der Waals surface area contributed by atoms with Crippen molar-refractivity contribution < 1.29 is 4.52 Å².